The van der Waals surface area contributed by atoms with Gasteiger partial charge >= 0.3 is 5.97 Å². The van der Waals surface area contributed by atoms with Crippen LogP contribution in [0.2, 0.25) is 0 Å². The lowest BCUT2D eigenvalue weighted by atomic mass is 10.1. The summed E-state index contributed by atoms with van der Waals surface area (Å²) in [6, 6.07) is 5.49. The first-order valence-electron chi connectivity index (χ1n) is 5.55. The summed E-state index contributed by atoms with van der Waals surface area (Å²) in [6.07, 6.45) is -0.240. The van der Waals surface area contributed by atoms with Crippen LogP contribution in [0.4, 0.5) is 0 Å². The summed E-state index contributed by atoms with van der Waals surface area (Å²) < 4.78 is 27.5. The smallest absolute Gasteiger partial charge is 0.338 e. The summed E-state index contributed by atoms with van der Waals surface area (Å²) in [6.45, 7) is 5.64. The van der Waals surface area contributed by atoms with Crippen LogP contribution in [0, 0.1) is 5.92 Å². The Morgan fingerprint density at radius 2 is 1.89 bits per heavy atom. The Morgan fingerprint density at radius 1 is 1.28 bits per heavy atom. The highest BCUT2D eigenvalue weighted by Crippen LogP contribution is 2.13. The molecule has 0 aliphatic heterocycles. The van der Waals surface area contributed by atoms with Crippen LogP contribution >= 0.6 is 0 Å². The summed E-state index contributed by atoms with van der Waals surface area (Å²) in [5.74, 6) is -0.364. The van der Waals surface area contributed by atoms with Crippen LogP contribution in [0.1, 0.15) is 31.1 Å². The van der Waals surface area contributed by atoms with Crippen molar-refractivity contribution >= 4 is 16.0 Å². The highest BCUT2D eigenvalue weighted by Gasteiger charge is 2.16. The number of hydrogen-bond donors (Lipinski definition) is 1. The average molecular weight is 271 g/mol. The van der Waals surface area contributed by atoms with Gasteiger partial charge in [0.05, 0.1) is 10.5 Å². The molecule has 1 aromatic carbocycles. The second kappa shape index (κ2) is 5.49. The van der Waals surface area contributed by atoms with Gasteiger partial charge in [-0.15, -0.1) is 0 Å². The fraction of sp³-hybridized carbons (Fsp3) is 0.417. The molecule has 18 heavy (non-hydrogen) atoms. The molecule has 5 nitrogen and oxygen atoms in total. The van der Waals surface area contributed by atoms with Crippen LogP contribution in [0.5, 0.6) is 0 Å². The summed E-state index contributed by atoms with van der Waals surface area (Å²) >= 11 is 0. The highest BCUT2D eigenvalue weighted by atomic mass is 32.2. The molecule has 0 saturated carbocycles. The molecule has 0 spiro atoms. The Labute approximate surface area is 107 Å². The number of carbonyl (C=O) groups is 1. The van der Waals surface area contributed by atoms with Gasteiger partial charge in [-0.25, -0.2) is 18.4 Å². The van der Waals surface area contributed by atoms with Gasteiger partial charge in [0.25, 0.3) is 0 Å². The number of esters is 1. The van der Waals surface area contributed by atoms with E-state index in [4.69, 9.17) is 9.88 Å². The molecular weight excluding hydrogens is 254 g/mol. The van der Waals surface area contributed by atoms with Crippen molar-refractivity contribution in [3.63, 3.8) is 0 Å². The van der Waals surface area contributed by atoms with Crippen molar-refractivity contribution in [2.45, 2.75) is 31.8 Å². The maximum absolute atomic E-state index is 11.8. The molecule has 6 heteroatoms. The van der Waals surface area contributed by atoms with E-state index in [-0.39, 0.29) is 22.5 Å². The summed E-state index contributed by atoms with van der Waals surface area (Å²) in [5.41, 5.74) is 0.175. The van der Waals surface area contributed by atoms with Crippen molar-refractivity contribution in [2.75, 3.05) is 0 Å². The quantitative estimate of drug-likeness (QED) is 0.841. The molecule has 0 saturated heterocycles. The molecule has 0 heterocycles. The predicted molar refractivity (Wildman–Crippen MR) is 67.5 cm³/mol. The van der Waals surface area contributed by atoms with Crippen molar-refractivity contribution in [3.8, 4) is 0 Å². The number of rotatable bonds is 4. The van der Waals surface area contributed by atoms with Crippen molar-refractivity contribution in [2.24, 2.45) is 11.1 Å². The lowest BCUT2D eigenvalue weighted by Gasteiger charge is -2.16. The van der Waals surface area contributed by atoms with Crippen LogP contribution < -0.4 is 5.14 Å². The first-order valence-corrected chi connectivity index (χ1v) is 7.10. The topological polar surface area (TPSA) is 86.5 Å². The van der Waals surface area contributed by atoms with Crippen LogP contribution in [-0.4, -0.2) is 20.5 Å². The highest BCUT2D eigenvalue weighted by molar-refractivity contribution is 7.89. The SMILES string of the molecule is CC(C)C(C)OC(=O)c1cccc(S(N)(=O)=O)c1. The van der Waals surface area contributed by atoms with Crippen molar-refractivity contribution < 1.29 is 17.9 Å². The number of primary sulfonamides is 1. The van der Waals surface area contributed by atoms with Gasteiger partial charge in [-0.05, 0) is 31.0 Å². The van der Waals surface area contributed by atoms with Gasteiger partial charge in [0.15, 0.2) is 0 Å². The van der Waals surface area contributed by atoms with Crippen LogP contribution in [-0.2, 0) is 14.8 Å². The Morgan fingerprint density at radius 3 is 2.39 bits per heavy atom. The minimum atomic E-state index is -3.81. The van der Waals surface area contributed by atoms with E-state index in [0.717, 1.165) is 0 Å². The third kappa shape index (κ3) is 3.82. The maximum Gasteiger partial charge on any atom is 0.338 e. The van der Waals surface area contributed by atoms with Crippen molar-refractivity contribution in [1.82, 2.24) is 0 Å². The molecular formula is C12H17NO4S. The van der Waals surface area contributed by atoms with E-state index in [1.54, 1.807) is 6.92 Å². The second-order valence-corrected chi connectivity index (χ2v) is 5.99. The molecule has 1 aromatic rings. The minimum Gasteiger partial charge on any atom is -0.459 e. The standard InChI is InChI=1S/C12H17NO4S/c1-8(2)9(3)17-12(14)10-5-4-6-11(7-10)18(13,15)16/h4-9H,1-3H3,(H2,13,15,16). The molecule has 0 aliphatic carbocycles. The largest absolute Gasteiger partial charge is 0.459 e. The predicted octanol–water partition coefficient (Wildman–Crippen LogP) is 1.54. The number of ether oxygens (including phenoxy) is 1. The van der Waals surface area contributed by atoms with Gasteiger partial charge in [-0.3, -0.25) is 0 Å². The number of hydrogen-bond acceptors (Lipinski definition) is 4. The summed E-state index contributed by atoms with van der Waals surface area (Å²) in [4.78, 5) is 11.7. The van der Waals surface area contributed by atoms with Gasteiger partial charge in [-0.1, -0.05) is 19.9 Å². The average Bonchev–Trinajstić information content (AvgIpc) is 2.27. The molecule has 1 unspecified atom stereocenters. The van der Waals surface area contributed by atoms with E-state index in [9.17, 15) is 13.2 Å². The fourth-order valence-electron chi connectivity index (χ4n) is 1.17. The van der Waals surface area contributed by atoms with Gasteiger partial charge in [0, 0.05) is 0 Å². The van der Waals surface area contributed by atoms with E-state index in [2.05, 4.69) is 0 Å². The normalized spacial score (nSPS) is 13.4. The van der Waals surface area contributed by atoms with Crippen LogP contribution in [0.3, 0.4) is 0 Å². The first kappa shape index (κ1) is 14.7. The molecule has 0 bridgehead atoms. The van der Waals surface area contributed by atoms with Gasteiger partial charge in [0.1, 0.15) is 6.10 Å². The maximum atomic E-state index is 11.8. The fourth-order valence-corrected chi connectivity index (χ4v) is 1.73. The van der Waals surface area contributed by atoms with Gasteiger partial charge in [0.2, 0.25) is 10.0 Å². The number of nitrogens with two attached hydrogens (primary N) is 1. The number of sulfonamides is 1. The summed E-state index contributed by atoms with van der Waals surface area (Å²) in [5, 5.41) is 5.00. The van der Waals surface area contributed by atoms with E-state index < -0.39 is 16.0 Å². The second-order valence-electron chi connectivity index (χ2n) is 4.43. The molecule has 1 rings (SSSR count). The Bertz CT molecular complexity index is 537. The minimum absolute atomic E-state index is 0.103. The summed E-state index contributed by atoms with van der Waals surface area (Å²) in [7, 11) is -3.81. The zero-order chi connectivity index (χ0) is 13.9. The van der Waals surface area contributed by atoms with E-state index >= 15 is 0 Å². The number of carbonyl (C=O) groups excluding carboxylic acids is 1. The third-order valence-corrected chi connectivity index (χ3v) is 3.54. The molecule has 100 valence electrons. The lowest BCUT2D eigenvalue weighted by molar-refractivity contribution is 0.0238. The molecule has 0 fully saturated rings. The zero-order valence-electron chi connectivity index (χ0n) is 10.6. The van der Waals surface area contributed by atoms with Crippen molar-refractivity contribution in [3.05, 3.63) is 29.8 Å². The number of benzene rings is 1. The molecule has 1 atom stereocenters. The van der Waals surface area contributed by atoms with Crippen molar-refractivity contribution in [1.29, 1.82) is 0 Å². The van der Waals surface area contributed by atoms with Gasteiger partial charge < -0.3 is 4.74 Å². The van der Waals surface area contributed by atoms with E-state index in [0.29, 0.717) is 0 Å². The molecule has 2 N–H and O–H groups in total. The Balaban J connectivity index is 2.94. The molecule has 0 amide bonds. The van der Waals surface area contributed by atoms with Gasteiger partial charge in [-0.2, -0.15) is 0 Å². The monoisotopic (exact) mass is 271 g/mol. The van der Waals surface area contributed by atoms with Crippen LogP contribution in [0.15, 0.2) is 29.2 Å². The Hall–Kier alpha value is -1.40. The molecule has 0 radical (unpaired) electrons. The zero-order valence-corrected chi connectivity index (χ0v) is 11.4. The lowest BCUT2D eigenvalue weighted by Crippen LogP contribution is -2.20. The van der Waals surface area contributed by atoms with Crippen LogP contribution in [0.25, 0.3) is 0 Å². The first-order chi connectivity index (χ1) is 8.21. The Kier molecular flexibility index (Phi) is 4.48. The third-order valence-electron chi connectivity index (χ3n) is 2.63. The molecule has 0 aromatic heterocycles. The molecule has 0 aliphatic rings. The van der Waals surface area contributed by atoms with E-state index in [1.165, 1.54) is 24.3 Å². The van der Waals surface area contributed by atoms with E-state index in [1.807, 2.05) is 13.8 Å².